The van der Waals surface area contributed by atoms with Gasteiger partial charge in [-0.15, -0.1) is 0 Å². The summed E-state index contributed by atoms with van der Waals surface area (Å²) in [6, 6.07) is 1.33. The van der Waals surface area contributed by atoms with Crippen LogP contribution in [0.3, 0.4) is 0 Å². The Bertz CT molecular complexity index is 347. The number of rotatable bonds is 5. The van der Waals surface area contributed by atoms with E-state index in [1.165, 1.54) is 0 Å². The van der Waals surface area contributed by atoms with Crippen LogP contribution in [0.2, 0.25) is 0 Å². The zero-order valence-corrected chi connectivity index (χ0v) is 9.99. The second kappa shape index (κ2) is 5.65. The topological polar surface area (TPSA) is 81.2 Å². The summed E-state index contributed by atoms with van der Waals surface area (Å²) in [7, 11) is 0. The molecule has 0 spiro atoms. The molecule has 3 N–H and O–H groups in total. The Kier molecular flexibility index (Phi) is 4.49. The van der Waals surface area contributed by atoms with Gasteiger partial charge in [0.25, 0.3) is 0 Å². The minimum Gasteiger partial charge on any atom is -0.359 e. The molecule has 5 nitrogen and oxygen atoms in total. The summed E-state index contributed by atoms with van der Waals surface area (Å²) in [5, 5.41) is 6.45. The van der Waals surface area contributed by atoms with Crippen LogP contribution in [0.15, 0.2) is 10.6 Å². The molecule has 1 atom stereocenters. The lowest BCUT2D eigenvalue weighted by Crippen LogP contribution is -2.40. The van der Waals surface area contributed by atoms with Crippen molar-refractivity contribution in [3.63, 3.8) is 0 Å². The number of aryl methyl sites for hydroxylation is 1. The van der Waals surface area contributed by atoms with E-state index < -0.39 is 6.04 Å². The first-order valence-corrected chi connectivity index (χ1v) is 5.44. The maximum atomic E-state index is 11.6. The number of nitrogens with one attached hydrogen (secondary N) is 1. The van der Waals surface area contributed by atoms with Gasteiger partial charge in [0.05, 0.1) is 18.3 Å². The Morgan fingerprint density at radius 1 is 1.62 bits per heavy atom. The second-order valence-electron chi connectivity index (χ2n) is 4.39. The molecular formula is C11H19N3O2. The fraction of sp³-hybridized carbons (Fsp3) is 0.636. The van der Waals surface area contributed by atoms with E-state index in [2.05, 4.69) is 10.5 Å². The summed E-state index contributed by atoms with van der Waals surface area (Å²) in [4.78, 5) is 11.6. The maximum absolute atomic E-state index is 11.6. The Hall–Kier alpha value is -1.36. The van der Waals surface area contributed by atoms with Crippen molar-refractivity contribution >= 4 is 5.91 Å². The van der Waals surface area contributed by atoms with Gasteiger partial charge in [0.15, 0.2) is 5.76 Å². The lowest BCUT2D eigenvalue weighted by atomic mass is 10.0. The zero-order chi connectivity index (χ0) is 12.1. The molecule has 1 amide bonds. The third kappa shape index (κ3) is 4.02. The molecule has 0 aliphatic rings. The van der Waals surface area contributed by atoms with Crippen LogP contribution < -0.4 is 11.1 Å². The Labute approximate surface area is 95.4 Å². The molecule has 0 aromatic carbocycles. The van der Waals surface area contributed by atoms with Gasteiger partial charge in [0, 0.05) is 6.07 Å². The number of carbonyl (C=O) groups excluding carboxylic acids is 1. The normalized spacial score (nSPS) is 12.8. The second-order valence-corrected chi connectivity index (χ2v) is 4.39. The number of amides is 1. The molecule has 90 valence electrons. The van der Waals surface area contributed by atoms with Crippen LogP contribution >= 0.6 is 0 Å². The predicted molar refractivity (Wildman–Crippen MR) is 60.5 cm³/mol. The molecule has 1 aromatic rings. The SMILES string of the molecule is Cc1cc(CNC(=O)[C@H](N)CC(C)C)on1. The third-order valence-electron chi connectivity index (χ3n) is 2.18. The van der Waals surface area contributed by atoms with E-state index in [1.807, 2.05) is 20.8 Å². The molecule has 1 aromatic heterocycles. The molecular weight excluding hydrogens is 206 g/mol. The van der Waals surface area contributed by atoms with Gasteiger partial charge in [-0.2, -0.15) is 0 Å². The number of aromatic nitrogens is 1. The van der Waals surface area contributed by atoms with Gasteiger partial charge < -0.3 is 15.6 Å². The molecule has 0 radical (unpaired) electrons. The Balaban J connectivity index is 2.35. The van der Waals surface area contributed by atoms with E-state index in [1.54, 1.807) is 6.07 Å². The van der Waals surface area contributed by atoms with E-state index in [4.69, 9.17) is 10.3 Å². The standard InChI is InChI=1S/C11H19N3O2/c1-7(2)4-10(12)11(15)13-6-9-5-8(3)14-16-9/h5,7,10H,4,6,12H2,1-3H3,(H,13,15)/t10-/m1/s1. The molecule has 0 aliphatic carbocycles. The van der Waals surface area contributed by atoms with Gasteiger partial charge in [-0.05, 0) is 19.3 Å². The number of nitrogens with two attached hydrogens (primary N) is 1. The summed E-state index contributed by atoms with van der Waals surface area (Å²) in [6.45, 7) is 6.24. The molecule has 1 heterocycles. The van der Waals surface area contributed by atoms with Crippen LogP contribution in [0.5, 0.6) is 0 Å². The van der Waals surface area contributed by atoms with Crippen LogP contribution in [-0.2, 0) is 11.3 Å². The van der Waals surface area contributed by atoms with Crippen LogP contribution in [-0.4, -0.2) is 17.1 Å². The lowest BCUT2D eigenvalue weighted by molar-refractivity contribution is -0.122. The van der Waals surface area contributed by atoms with E-state index in [0.717, 1.165) is 5.69 Å². The number of hydrogen-bond acceptors (Lipinski definition) is 4. The van der Waals surface area contributed by atoms with Crippen molar-refractivity contribution in [2.75, 3.05) is 0 Å². The quantitative estimate of drug-likeness (QED) is 0.782. The first kappa shape index (κ1) is 12.7. The van der Waals surface area contributed by atoms with Gasteiger partial charge in [-0.1, -0.05) is 19.0 Å². The van der Waals surface area contributed by atoms with Gasteiger partial charge in [-0.3, -0.25) is 4.79 Å². The highest BCUT2D eigenvalue weighted by atomic mass is 16.5. The van der Waals surface area contributed by atoms with Crippen LogP contribution in [0.25, 0.3) is 0 Å². The molecule has 5 heteroatoms. The summed E-state index contributed by atoms with van der Waals surface area (Å²) >= 11 is 0. The smallest absolute Gasteiger partial charge is 0.237 e. The van der Waals surface area contributed by atoms with Crippen LogP contribution in [0, 0.1) is 12.8 Å². The highest BCUT2D eigenvalue weighted by Crippen LogP contribution is 2.04. The predicted octanol–water partition coefficient (Wildman–Crippen LogP) is 0.973. The summed E-state index contributed by atoms with van der Waals surface area (Å²) < 4.78 is 4.97. The number of nitrogens with zero attached hydrogens (tertiary/aromatic N) is 1. The average Bonchev–Trinajstić information content (AvgIpc) is 2.59. The Morgan fingerprint density at radius 2 is 2.31 bits per heavy atom. The van der Waals surface area contributed by atoms with Crippen molar-refractivity contribution in [2.24, 2.45) is 11.7 Å². The molecule has 16 heavy (non-hydrogen) atoms. The molecule has 0 fully saturated rings. The van der Waals surface area contributed by atoms with E-state index in [-0.39, 0.29) is 5.91 Å². The summed E-state index contributed by atoms with van der Waals surface area (Å²) in [5.74, 6) is 0.902. The van der Waals surface area contributed by atoms with E-state index in [0.29, 0.717) is 24.6 Å². The zero-order valence-electron chi connectivity index (χ0n) is 9.99. The minimum absolute atomic E-state index is 0.150. The molecule has 0 saturated carbocycles. The number of carbonyl (C=O) groups is 1. The van der Waals surface area contributed by atoms with Crippen molar-refractivity contribution in [2.45, 2.75) is 39.8 Å². The van der Waals surface area contributed by atoms with E-state index in [9.17, 15) is 4.79 Å². The molecule has 0 bridgehead atoms. The molecule has 0 unspecified atom stereocenters. The Morgan fingerprint density at radius 3 is 2.81 bits per heavy atom. The summed E-state index contributed by atoms with van der Waals surface area (Å²) in [6.07, 6.45) is 0.682. The van der Waals surface area contributed by atoms with Crippen molar-refractivity contribution < 1.29 is 9.32 Å². The van der Waals surface area contributed by atoms with Crippen molar-refractivity contribution in [1.29, 1.82) is 0 Å². The van der Waals surface area contributed by atoms with Gasteiger partial charge >= 0.3 is 0 Å². The lowest BCUT2D eigenvalue weighted by Gasteiger charge is -2.13. The van der Waals surface area contributed by atoms with Gasteiger partial charge in [0.2, 0.25) is 5.91 Å². The highest BCUT2D eigenvalue weighted by Gasteiger charge is 2.14. The highest BCUT2D eigenvalue weighted by molar-refractivity contribution is 5.81. The first-order valence-electron chi connectivity index (χ1n) is 5.44. The van der Waals surface area contributed by atoms with Crippen molar-refractivity contribution in [3.8, 4) is 0 Å². The van der Waals surface area contributed by atoms with Crippen molar-refractivity contribution in [1.82, 2.24) is 10.5 Å². The van der Waals surface area contributed by atoms with E-state index >= 15 is 0 Å². The largest absolute Gasteiger partial charge is 0.359 e. The van der Waals surface area contributed by atoms with Crippen molar-refractivity contribution in [3.05, 3.63) is 17.5 Å². The minimum atomic E-state index is -0.455. The van der Waals surface area contributed by atoms with Gasteiger partial charge in [0.1, 0.15) is 0 Å². The molecule has 0 saturated heterocycles. The van der Waals surface area contributed by atoms with Crippen LogP contribution in [0.1, 0.15) is 31.7 Å². The fourth-order valence-electron chi connectivity index (χ4n) is 1.42. The third-order valence-corrected chi connectivity index (χ3v) is 2.18. The van der Waals surface area contributed by atoms with Crippen LogP contribution in [0.4, 0.5) is 0 Å². The average molecular weight is 225 g/mol. The molecule has 1 rings (SSSR count). The fourth-order valence-corrected chi connectivity index (χ4v) is 1.42. The monoisotopic (exact) mass is 225 g/mol. The molecule has 0 aliphatic heterocycles. The van der Waals surface area contributed by atoms with Gasteiger partial charge in [-0.25, -0.2) is 0 Å². The maximum Gasteiger partial charge on any atom is 0.237 e. The first-order chi connectivity index (χ1) is 7.49. The number of hydrogen-bond donors (Lipinski definition) is 2. The summed E-state index contributed by atoms with van der Waals surface area (Å²) in [5.41, 5.74) is 6.53.